The Labute approximate surface area is 157 Å². The van der Waals surface area contributed by atoms with Gasteiger partial charge >= 0.3 is 0 Å². The summed E-state index contributed by atoms with van der Waals surface area (Å²) in [5, 5.41) is 19.1. The second-order valence-corrected chi connectivity index (χ2v) is 6.03. The summed E-state index contributed by atoms with van der Waals surface area (Å²) in [5.74, 6) is -0.136. The second-order valence-electron chi connectivity index (χ2n) is 5.62. The van der Waals surface area contributed by atoms with Crippen LogP contribution in [0.4, 0.5) is 5.69 Å². The van der Waals surface area contributed by atoms with E-state index in [1.807, 2.05) is 0 Å². The van der Waals surface area contributed by atoms with E-state index < -0.39 is 16.8 Å². The highest BCUT2D eigenvalue weighted by atomic mass is 35.5. The molecule has 0 aliphatic carbocycles. The van der Waals surface area contributed by atoms with Gasteiger partial charge in [-0.1, -0.05) is 11.6 Å². The van der Waals surface area contributed by atoms with E-state index in [1.165, 1.54) is 31.3 Å². The Kier molecular flexibility index (Phi) is 4.70. The number of nitrogens with one attached hydrogen (secondary N) is 2. The second kappa shape index (κ2) is 6.96. The number of ether oxygens (including phenoxy) is 1. The van der Waals surface area contributed by atoms with Crippen molar-refractivity contribution in [3.05, 3.63) is 63.3 Å². The number of halogens is 1. The van der Waals surface area contributed by atoms with E-state index in [2.05, 4.69) is 4.98 Å². The van der Waals surface area contributed by atoms with Gasteiger partial charge in [0.25, 0.3) is 11.6 Å². The SMILES string of the molecule is CN(C(=N)N)C(=O)c1cc2c(Cl)ccc(Oc3ccc([N+](=O)[O-])cc3)c2[nH]1. The van der Waals surface area contributed by atoms with Gasteiger partial charge in [-0.3, -0.25) is 25.2 Å². The monoisotopic (exact) mass is 387 g/mol. The van der Waals surface area contributed by atoms with Gasteiger partial charge in [0.1, 0.15) is 11.4 Å². The van der Waals surface area contributed by atoms with E-state index in [-0.39, 0.29) is 11.4 Å². The number of nitro benzene ring substituents is 1. The largest absolute Gasteiger partial charge is 0.455 e. The molecule has 0 radical (unpaired) electrons. The van der Waals surface area contributed by atoms with Crippen LogP contribution in [0.3, 0.4) is 0 Å². The Bertz CT molecular complexity index is 1060. The molecule has 0 fully saturated rings. The van der Waals surface area contributed by atoms with Crippen molar-refractivity contribution in [2.24, 2.45) is 5.73 Å². The lowest BCUT2D eigenvalue weighted by molar-refractivity contribution is -0.384. The van der Waals surface area contributed by atoms with Crippen LogP contribution in [0.2, 0.25) is 5.02 Å². The van der Waals surface area contributed by atoms with Crippen LogP contribution in [-0.4, -0.2) is 33.7 Å². The van der Waals surface area contributed by atoms with Gasteiger partial charge in [0.2, 0.25) is 0 Å². The summed E-state index contributed by atoms with van der Waals surface area (Å²) >= 11 is 6.21. The normalized spacial score (nSPS) is 10.6. The zero-order valence-electron chi connectivity index (χ0n) is 14.0. The third-order valence-electron chi connectivity index (χ3n) is 3.87. The first-order chi connectivity index (χ1) is 12.8. The molecule has 3 rings (SSSR count). The Hall–Kier alpha value is -3.59. The van der Waals surface area contributed by atoms with E-state index in [0.717, 1.165) is 4.90 Å². The van der Waals surface area contributed by atoms with Gasteiger partial charge in [0.05, 0.1) is 15.5 Å². The molecule has 0 aliphatic heterocycles. The minimum absolute atomic E-state index is 0.0522. The summed E-state index contributed by atoms with van der Waals surface area (Å²) in [6, 6.07) is 10.4. The van der Waals surface area contributed by atoms with Crippen molar-refractivity contribution in [3.8, 4) is 11.5 Å². The van der Waals surface area contributed by atoms with E-state index in [4.69, 9.17) is 27.5 Å². The molecule has 0 saturated carbocycles. The Morgan fingerprint density at radius 1 is 1.30 bits per heavy atom. The molecular formula is C17H14ClN5O4. The van der Waals surface area contributed by atoms with Gasteiger partial charge in [-0.15, -0.1) is 0 Å². The van der Waals surface area contributed by atoms with Crippen LogP contribution in [0, 0.1) is 15.5 Å². The molecular weight excluding hydrogens is 374 g/mol. The number of hydrogen-bond acceptors (Lipinski definition) is 5. The molecule has 2 aromatic carbocycles. The number of aromatic nitrogens is 1. The Morgan fingerprint density at radius 3 is 2.56 bits per heavy atom. The summed E-state index contributed by atoms with van der Waals surface area (Å²) in [5.41, 5.74) is 5.95. The molecule has 0 unspecified atom stereocenters. The van der Waals surface area contributed by atoms with Crippen LogP contribution >= 0.6 is 11.6 Å². The van der Waals surface area contributed by atoms with Crippen LogP contribution in [-0.2, 0) is 0 Å². The average Bonchev–Trinajstić information content (AvgIpc) is 3.09. The summed E-state index contributed by atoms with van der Waals surface area (Å²) in [7, 11) is 1.38. The number of amides is 1. The molecule has 4 N–H and O–H groups in total. The van der Waals surface area contributed by atoms with Crippen molar-refractivity contribution in [2.75, 3.05) is 7.05 Å². The highest BCUT2D eigenvalue weighted by Gasteiger charge is 2.19. The highest BCUT2D eigenvalue weighted by Crippen LogP contribution is 2.35. The first-order valence-electron chi connectivity index (χ1n) is 7.63. The quantitative estimate of drug-likeness (QED) is 0.272. The predicted molar refractivity (Wildman–Crippen MR) is 100 cm³/mol. The Balaban J connectivity index is 1.99. The number of carbonyl (C=O) groups is 1. The number of nitrogens with zero attached hydrogens (tertiary/aromatic N) is 2. The van der Waals surface area contributed by atoms with Gasteiger partial charge in [-0.2, -0.15) is 0 Å². The van der Waals surface area contributed by atoms with Crippen molar-refractivity contribution in [3.63, 3.8) is 0 Å². The van der Waals surface area contributed by atoms with Crippen molar-refractivity contribution in [1.29, 1.82) is 5.41 Å². The maximum Gasteiger partial charge on any atom is 0.276 e. The van der Waals surface area contributed by atoms with Gasteiger partial charge in [0.15, 0.2) is 11.7 Å². The molecule has 1 heterocycles. The lowest BCUT2D eigenvalue weighted by Gasteiger charge is -2.12. The number of non-ortho nitro benzene ring substituents is 1. The fourth-order valence-electron chi connectivity index (χ4n) is 2.41. The smallest absolute Gasteiger partial charge is 0.276 e. The number of fused-ring (bicyclic) bond motifs is 1. The third kappa shape index (κ3) is 3.53. The molecule has 1 amide bonds. The molecule has 0 aliphatic rings. The number of aromatic amines is 1. The fraction of sp³-hybridized carbons (Fsp3) is 0.0588. The number of hydrogen-bond donors (Lipinski definition) is 3. The van der Waals surface area contributed by atoms with Crippen molar-refractivity contribution in [2.45, 2.75) is 0 Å². The number of benzene rings is 2. The van der Waals surface area contributed by atoms with Crippen LogP contribution < -0.4 is 10.5 Å². The predicted octanol–water partition coefficient (Wildman–Crippen LogP) is 3.49. The fourth-order valence-corrected chi connectivity index (χ4v) is 2.62. The number of carbonyl (C=O) groups excluding carboxylic acids is 1. The third-order valence-corrected chi connectivity index (χ3v) is 4.20. The van der Waals surface area contributed by atoms with Gasteiger partial charge in [0, 0.05) is 24.6 Å². The summed E-state index contributed by atoms with van der Waals surface area (Å²) < 4.78 is 5.78. The van der Waals surface area contributed by atoms with E-state index in [0.29, 0.717) is 27.4 Å². The van der Waals surface area contributed by atoms with E-state index >= 15 is 0 Å². The number of nitrogens with two attached hydrogens (primary N) is 1. The van der Waals surface area contributed by atoms with E-state index in [9.17, 15) is 14.9 Å². The molecule has 9 nitrogen and oxygen atoms in total. The van der Waals surface area contributed by atoms with Gasteiger partial charge in [-0.05, 0) is 30.3 Å². The minimum atomic E-state index is -0.504. The van der Waals surface area contributed by atoms with Gasteiger partial charge in [-0.25, -0.2) is 0 Å². The van der Waals surface area contributed by atoms with Crippen molar-refractivity contribution < 1.29 is 14.5 Å². The first kappa shape index (κ1) is 18.2. The molecule has 3 aromatic rings. The molecule has 138 valence electrons. The lowest BCUT2D eigenvalue weighted by Crippen LogP contribution is -2.38. The topological polar surface area (TPSA) is 138 Å². The first-order valence-corrected chi connectivity index (χ1v) is 8.01. The number of nitro groups is 1. The standard InChI is InChI=1S/C17H14ClN5O4/c1-22(17(19)20)16(24)13-8-11-12(18)6-7-14(15(11)21-13)27-10-4-2-9(3-5-10)23(25)26/h2-8,21H,1H3,(H3,19,20). The van der Waals surface area contributed by atoms with Crippen LogP contribution in [0.15, 0.2) is 42.5 Å². The molecule has 0 bridgehead atoms. The van der Waals surface area contributed by atoms with Crippen molar-refractivity contribution in [1.82, 2.24) is 9.88 Å². The minimum Gasteiger partial charge on any atom is -0.455 e. The van der Waals surface area contributed by atoms with Crippen LogP contribution in [0.1, 0.15) is 10.5 Å². The molecule has 10 heteroatoms. The molecule has 0 atom stereocenters. The number of H-pyrrole nitrogens is 1. The zero-order chi connectivity index (χ0) is 19.7. The maximum atomic E-state index is 12.4. The zero-order valence-corrected chi connectivity index (χ0v) is 14.8. The summed E-state index contributed by atoms with van der Waals surface area (Å²) in [4.78, 5) is 26.5. The van der Waals surface area contributed by atoms with E-state index in [1.54, 1.807) is 18.2 Å². The summed E-state index contributed by atoms with van der Waals surface area (Å²) in [6.45, 7) is 0. The van der Waals surface area contributed by atoms with Crippen molar-refractivity contribution >= 4 is 40.1 Å². The maximum absolute atomic E-state index is 12.4. The van der Waals surface area contributed by atoms with Crippen LogP contribution in [0.25, 0.3) is 10.9 Å². The molecule has 0 saturated heterocycles. The summed E-state index contributed by atoms with van der Waals surface area (Å²) in [6.07, 6.45) is 0. The average molecular weight is 388 g/mol. The van der Waals surface area contributed by atoms with Gasteiger partial charge < -0.3 is 15.5 Å². The molecule has 27 heavy (non-hydrogen) atoms. The number of guanidine groups is 1. The molecule has 0 spiro atoms. The molecule has 1 aromatic heterocycles. The lowest BCUT2D eigenvalue weighted by atomic mass is 10.2. The Morgan fingerprint density at radius 2 is 1.96 bits per heavy atom. The van der Waals surface area contributed by atoms with Crippen LogP contribution in [0.5, 0.6) is 11.5 Å². The number of rotatable bonds is 4. The highest BCUT2D eigenvalue weighted by molar-refractivity contribution is 6.35.